The maximum Gasteiger partial charge on any atom is 0.152 e. The van der Waals surface area contributed by atoms with E-state index in [1.165, 1.54) is 0 Å². The van der Waals surface area contributed by atoms with Gasteiger partial charge in [0.15, 0.2) is 5.82 Å². The number of fused-ring (bicyclic) bond motifs is 3. The lowest BCUT2D eigenvalue weighted by atomic mass is 10.1. The van der Waals surface area contributed by atoms with Gasteiger partial charge in [-0.1, -0.05) is 32.0 Å². The molecule has 14 nitrogen and oxygen atoms in total. The van der Waals surface area contributed by atoms with E-state index in [4.69, 9.17) is 59.1 Å². The lowest BCUT2D eigenvalue weighted by Crippen LogP contribution is -2.32. The second-order valence-corrected chi connectivity index (χ2v) is 11.1. The van der Waals surface area contributed by atoms with Crippen molar-refractivity contribution < 1.29 is 42.6 Å². The van der Waals surface area contributed by atoms with Crippen LogP contribution in [-0.2, 0) is 55.8 Å². The second-order valence-electron chi connectivity index (χ2n) is 11.1. The van der Waals surface area contributed by atoms with E-state index in [-0.39, 0.29) is 0 Å². The molecule has 0 spiro atoms. The van der Waals surface area contributed by atoms with Crippen molar-refractivity contribution in [2.45, 2.75) is 53.4 Å². The largest absolute Gasteiger partial charge is 0.382 e. The van der Waals surface area contributed by atoms with E-state index in [9.17, 15) is 0 Å². The smallest absolute Gasteiger partial charge is 0.152 e. The summed E-state index contributed by atoms with van der Waals surface area (Å²) < 4.78 is 52.5. The zero-order valence-electron chi connectivity index (χ0n) is 30.4. The molecule has 0 unspecified atom stereocenters. The molecule has 3 aromatic rings. The summed E-state index contributed by atoms with van der Waals surface area (Å²) in [5.74, 6) is 1.19. The molecule has 3 rings (SSSR count). The molecule has 2 aromatic heterocycles. The summed E-state index contributed by atoms with van der Waals surface area (Å²) in [5, 5.41) is 0.991. The van der Waals surface area contributed by atoms with Gasteiger partial charge in [-0.2, -0.15) is 0 Å². The molecule has 1 aromatic carbocycles. The lowest BCUT2D eigenvalue weighted by Gasteiger charge is -2.27. The third-order valence-electron chi connectivity index (χ3n) is 6.88. The van der Waals surface area contributed by atoms with Crippen molar-refractivity contribution in [3.8, 4) is 0 Å². The van der Waals surface area contributed by atoms with E-state index in [1.807, 2.05) is 45.0 Å². The second kappa shape index (κ2) is 26.3. The van der Waals surface area contributed by atoms with Gasteiger partial charge in [0, 0.05) is 18.5 Å². The van der Waals surface area contributed by atoms with Crippen LogP contribution in [0.4, 0.5) is 5.82 Å². The number of aromatic nitrogens is 3. The summed E-state index contributed by atoms with van der Waals surface area (Å²) in [7, 11) is 0. The van der Waals surface area contributed by atoms with E-state index in [2.05, 4.69) is 23.4 Å². The van der Waals surface area contributed by atoms with Crippen LogP contribution in [0.25, 0.3) is 21.9 Å². The molecular weight excluding hydrogens is 634 g/mol. The summed E-state index contributed by atoms with van der Waals surface area (Å²) in [4.78, 5) is 9.36. The van der Waals surface area contributed by atoms with Crippen LogP contribution in [-0.4, -0.2) is 132 Å². The highest BCUT2D eigenvalue weighted by atomic mass is 16.6. The SMILES string of the molecule is CC.CCOCc1nc2c(N)nc3ccccc3c2n1CC(C)(C)OCCOCCOCCOCCOCCOCCOCCOCCN. The number of hydrogen-bond donors (Lipinski definition) is 2. The molecule has 0 bridgehead atoms. The Labute approximate surface area is 291 Å². The normalized spacial score (nSPS) is 11.8. The number of hydrogen-bond acceptors (Lipinski definition) is 13. The highest BCUT2D eigenvalue weighted by Crippen LogP contribution is 2.30. The summed E-state index contributed by atoms with van der Waals surface area (Å²) in [6.07, 6.45) is 0. The third-order valence-corrected chi connectivity index (χ3v) is 6.88. The Morgan fingerprint density at radius 3 is 1.61 bits per heavy atom. The predicted molar refractivity (Wildman–Crippen MR) is 191 cm³/mol. The minimum atomic E-state index is -0.503. The minimum absolute atomic E-state index is 0.372. The first kappa shape index (κ1) is 42.7. The number of para-hydroxylation sites is 1. The van der Waals surface area contributed by atoms with Gasteiger partial charge in [-0.15, -0.1) is 0 Å². The van der Waals surface area contributed by atoms with Crippen molar-refractivity contribution in [3.63, 3.8) is 0 Å². The first-order valence-corrected chi connectivity index (χ1v) is 17.5. The molecule has 0 fully saturated rings. The third kappa shape index (κ3) is 16.8. The van der Waals surface area contributed by atoms with Gasteiger partial charge in [0.2, 0.25) is 0 Å². The first-order valence-electron chi connectivity index (χ1n) is 17.5. The predicted octanol–water partition coefficient (Wildman–Crippen LogP) is 3.60. The summed E-state index contributed by atoms with van der Waals surface area (Å²) >= 11 is 0. The van der Waals surface area contributed by atoms with Gasteiger partial charge >= 0.3 is 0 Å². The number of benzene rings is 1. The van der Waals surface area contributed by atoms with Crippen molar-refractivity contribution in [1.29, 1.82) is 0 Å². The molecule has 4 N–H and O–H groups in total. The maximum absolute atomic E-state index is 6.31. The van der Waals surface area contributed by atoms with E-state index < -0.39 is 5.60 Å². The van der Waals surface area contributed by atoms with Crippen LogP contribution in [0.3, 0.4) is 0 Å². The topological polar surface area (TPSA) is 166 Å². The van der Waals surface area contributed by atoms with E-state index in [0.29, 0.717) is 137 Å². The van der Waals surface area contributed by atoms with Crippen molar-refractivity contribution in [2.75, 3.05) is 118 Å². The molecule has 0 saturated heterocycles. The van der Waals surface area contributed by atoms with Gasteiger partial charge in [0.1, 0.15) is 17.9 Å². The average molecular weight is 696 g/mol. The first-order chi connectivity index (χ1) is 24.0. The lowest BCUT2D eigenvalue weighted by molar-refractivity contribution is -0.0621. The number of imidazole rings is 1. The number of nitrogens with zero attached hydrogens (tertiary/aromatic N) is 3. The summed E-state index contributed by atoms with van der Waals surface area (Å²) in [6.45, 7) is 19.7. The fourth-order valence-corrected chi connectivity index (χ4v) is 4.69. The Morgan fingerprint density at radius 2 is 1.12 bits per heavy atom. The Balaban J connectivity index is 0.00000409. The summed E-state index contributed by atoms with van der Waals surface area (Å²) in [5.41, 5.74) is 13.6. The number of ether oxygens (including phenoxy) is 9. The monoisotopic (exact) mass is 695 g/mol. The van der Waals surface area contributed by atoms with Crippen LogP contribution in [0.5, 0.6) is 0 Å². The molecule has 0 saturated carbocycles. The van der Waals surface area contributed by atoms with Crippen molar-refractivity contribution in [1.82, 2.24) is 14.5 Å². The average Bonchev–Trinajstić information content (AvgIpc) is 3.46. The van der Waals surface area contributed by atoms with Gasteiger partial charge in [0.25, 0.3) is 0 Å². The Morgan fingerprint density at radius 1 is 0.653 bits per heavy atom. The van der Waals surface area contributed by atoms with Crippen molar-refractivity contribution in [2.24, 2.45) is 5.73 Å². The standard InChI is InChI=1S/C33H55N5O9.C2H6/c1-4-39-25-29-37-30-31(27-7-5-6-8-28(27)36-32(30)35)38(29)26-33(2,3)47-24-23-46-22-21-45-20-19-44-18-17-43-16-15-42-14-13-41-12-11-40-10-9-34;1-2/h5-8H,4,9-26,34H2,1-3H3,(H2,35,36);1-2H3. The fraction of sp³-hybridized carbons (Fsp3) is 0.714. The molecule has 2 heterocycles. The van der Waals surface area contributed by atoms with Gasteiger partial charge in [-0.3, -0.25) is 0 Å². The highest BCUT2D eigenvalue weighted by molar-refractivity contribution is 6.06. The molecular formula is C35H61N5O9. The van der Waals surface area contributed by atoms with Crippen molar-refractivity contribution in [3.05, 3.63) is 30.1 Å². The zero-order valence-corrected chi connectivity index (χ0v) is 30.4. The quantitative estimate of drug-likeness (QED) is 0.101. The highest BCUT2D eigenvalue weighted by Gasteiger charge is 2.25. The molecule has 0 aliphatic rings. The van der Waals surface area contributed by atoms with Crippen LogP contribution in [0.1, 0.15) is 40.4 Å². The van der Waals surface area contributed by atoms with Crippen LogP contribution < -0.4 is 11.5 Å². The summed E-state index contributed by atoms with van der Waals surface area (Å²) in [6, 6.07) is 7.95. The molecule has 0 aliphatic heterocycles. The number of pyridine rings is 1. The van der Waals surface area contributed by atoms with Gasteiger partial charge < -0.3 is 58.7 Å². The molecule has 0 aliphatic carbocycles. The van der Waals surface area contributed by atoms with Crippen LogP contribution in [0.2, 0.25) is 0 Å². The van der Waals surface area contributed by atoms with E-state index in [1.54, 1.807) is 0 Å². The molecule has 0 atom stereocenters. The van der Waals surface area contributed by atoms with E-state index >= 15 is 0 Å². The van der Waals surface area contributed by atoms with Crippen LogP contribution in [0.15, 0.2) is 24.3 Å². The molecule has 0 radical (unpaired) electrons. The van der Waals surface area contributed by atoms with Crippen molar-refractivity contribution >= 4 is 27.8 Å². The van der Waals surface area contributed by atoms with Crippen LogP contribution in [0, 0.1) is 0 Å². The van der Waals surface area contributed by atoms with Gasteiger partial charge in [-0.05, 0) is 26.8 Å². The number of rotatable bonds is 29. The molecule has 14 heteroatoms. The number of nitrogen functional groups attached to an aromatic ring is 1. The Bertz CT molecular complexity index is 1260. The molecule has 280 valence electrons. The maximum atomic E-state index is 6.31. The number of nitrogens with two attached hydrogens (primary N) is 2. The molecule has 0 amide bonds. The zero-order chi connectivity index (χ0) is 35.6. The Hall–Kier alpha value is -2.50. The fourth-order valence-electron chi connectivity index (χ4n) is 4.69. The van der Waals surface area contributed by atoms with Crippen LogP contribution >= 0.6 is 0 Å². The Kier molecular flexibility index (Phi) is 22.9. The number of anilines is 1. The minimum Gasteiger partial charge on any atom is -0.382 e. The van der Waals surface area contributed by atoms with Gasteiger partial charge in [-0.25, -0.2) is 9.97 Å². The van der Waals surface area contributed by atoms with Gasteiger partial charge in [0.05, 0.1) is 122 Å². The molecule has 49 heavy (non-hydrogen) atoms. The van der Waals surface area contributed by atoms with E-state index in [0.717, 1.165) is 22.2 Å².